The Morgan fingerprint density at radius 1 is 1.45 bits per heavy atom. The molecule has 0 radical (unpaired) electrons. The topological polar surface area (TPSA) is 59.0 Å². The van der Waals surface area contributed by atoms with E-state index in [0.29, 0.717) is 12.2 Å². The van der Waals surface area contributed by atoms with Gasteiger partial charge in [-0.1, -0.05) is 11.6 Å². The molecule has 2 N–H and O–H groups in total. The molecular formula is C13H14ClFN4O. The van der Waals surface area contributed by atoms with E-state index in [1.165, 1.54) is 12.1 Å². The fourth-order valence-electron chi connectivity index (χ4n) is 1.64. The van der Waals surface area contributed by atoms with Gasteiger partial charge in [-0.15, -0.1) is 0 Å². The fourth-order valence-corrected chi connectivity index (χ4v) is 1.85. The van der Waals surface area contributed by atoms with Crippen LogP contribution in [0.5, 0.6) is 0 Å². The molecule has 7 heteroatoms. The Morgan fingerprint density at radius 2 is 2.30 bits per heavy atom. The van der Waals surface area contributed by atoms with E-state index in [4.69, 9.17) is 11.6 Å². The molecular weight excluding hydrogens is 283 g/mol. The molecule has 0 unspecified atom stereocenters. The molecule has 2 aromatic rings. The van der Waals surface area contributed by atoms with E-state index in [9.17, 15) is 9.18 Å². The van der Waals surface area contributed by atoms with Crippen LogP contribution in [0, 0.1) is 5.82 Å². The predicted molar refractivity (Wildman–Crippen MR) is 75.3 cm³/mol. The van der Waals surface area contributed by atoms with Gasteiger partial charge in [0.05, 0.1) is 17.0 Å². The molecule has 0 saturated carbocycles. The number of benzene rings is 1. The number of aromatic nitrogens is 2. The first kappa shape index (κ1) is 14.3. The van der Waals surface area contributed by atoms with Gasteiger partial charge < -0.3 is 15.2 Å². The Labute approximate surface area is 120 Å². The van der Waals surface area contributed by atoms with E-state index >= 15 is 0 Å². The third-order valence-corrected chi connectivity index (χ3v) is 2.93. The normalized spacial score (nSPS) is 10.3. The highest BCUT2D eigenvalue weighted by molar-refractivity contribution is 6.33. The molecule has 0 saturated heterocycles. The van der Waals surface area contributed by atoms with Gasteiger partial charge in [0.1, 0.15) is 5.82 Å². The number of urea groups is 1. The Kier molecular flexibility index (Phi) is 4.95. The van der Waals surface area contributed by atoms with Gasteiger partial charge in [-0.05, 0) is 24.6 Å². The average Bonchev–Trinajstić information content (AvgIpc) is 2.91. The number of anilines is 1. The quantitative estimate of drug-likeness (QED) is 0.834. The number of hydrogen-bond donors (Lipinski definition) is 2. The van der Waals surface area contributed by atoms with Gasteiger partial charge in [-0.25, -0.2) is 14.2 Å². The number of carbonyl (C=O) groups excluding carboxylic acids is 1. The first-order valence-corrected chi connectivity index (χ1v) is 6.48. The fraction of sp³-hybridized carbons (Fsp3) is 0.231. The summed E-state index contributed by atoms with van der Waals surface area (Å²) in [5, 5.41) is 5.43. The van der Waals surface area contributed by atoms with Gasteiger partial charge in [0, 0.05) is 25.5 Å². The molecule has 2 amide bonds. The lowest BCUT2D eigenvalue weighted by Crippen LogP contribution is -2.30. The Hall–Kier alpha value is -2.08. The molecule has 0 spiro atoms. The summed E-state index contributed by atoms with van der Waals surface area (Å²) in [5.41, 5.74) is 0.375. The number of aryl methyl sites for hydroxylation is 1. The maximum absolute atomic E-state index is 12.8. The second-order valence-corrected chi connectivity index (χ2v) is 4.57. The van der Waals surface area contributed by atoms with Crippen LogP contribution in [0.25, 0.3) is 0 Å². The van der Waals surface area contributed by atoms with Crippen molar-refractivity contribution in [1.29, 1.82) is 0 Å². The molecule has 2 rings (SSSR count). The third kappa shape index (κ3) is 4.24. The molecule has 0 bridgehead atoms. The number of rotatable bonds is 5. The Balaban J connectivity index is 1.72. The zero-order chi connectivity index (χ0) is 14.4. The molecule has 0 aliphatic rings. The minimum absolute atomic E-state index is 0.165. The number of imidazole rings is 1. The predicted octanol–water partition coefficient (Wildman–Crippen LogP) is 2.89. The number of amides is 2. The molecule has 1 heterocycles. The number of hydrogen-bond acceptors (Lipinski definition) is 2. The van der Waals surface area contributed by atoms with Crippen LogP contribution in [0.15, 0.2) is 36.9 Å². The highest BCUT2D eigenvalue weighted by Gasteiger charge is 2.05. The van der Waals surface area contributed by atoms with Crippen molar-refractivity contribution in [3.8, 4) is 0 Å². The van der Waals surface area contributed by atoms with Crippen LogP contribution in [0.3, 0.4) is 0 Å². The molecule has 1 aromatic heterocycles. The smallest absolute Gasteiger partial charge is 0.319 e. The van der Waals surface area contributed by atoms with E-state index in [1.807, 2.05) is 10.8 Å². The summed E-state index contributed by atoms with van der Waals surface area (Å²) >= 11 is 5.81. The number of nitrogens with zero attached hydrogens (tertiary/aromatic N) is 2. The summed E-state index contributed by atoms with van der Waals surface area (Å²) in [7, 11) is 0. The van der Waals surface area contributed by atoms with Crippen LogP contribution < -0.4 is 10.6 Å². The molecule has 20 heavy (non-hydrogen) atoms. The monoisotopic (exact) mass is 296 g/mol. The third-order valence-electron chi connectivity index (χ3n) is 2.62. The van der Waals surface area contributed by atoms with Crippen LogP contribution in [0.2, 0.25) is 5.02 Å². The lowest BCUT2D eigenvalue weighted by Gasteiger charge is -2.09. The van der Waals surface area contributed by atoms with Crippen LogP contribution >= 0.6 is 11.6 Å². The molecule has 5 nitrogen and oxygen atoms in total. The lowest BCUT2D eigenvalue weighted by atomic mass is 10.3. The highest BCUT2D eigenvalue weighted by atomic mass is 35.5. The van der Waals surface area contributed by atoms with Crippen molar-refractivity contribution >= 4 is 23.3 Å². The van der Waals surface area contributed by atoms with Crippen molar-refractivity contribution in [3.63, 3.8) is 0 Å². The van der Waals surface area contributed by atoms with Crippen molar-refractivity contribution in [2.45, 2.75) is 13.0 Å². The SMILES string of the molecule is O=C(NCCCn1ccnc1)Nc1ccc(F)cc1Cl. The summed E-state index contributed by atoms with van der Waals surface area (Å²) in [5.74, 6) is -0.443. The maximum Gasteiger partial charge on any atom is 0.319 e. The maximum atomic E-state index is 12.8. The molecule has 106 valence electrons. The highest BCUT2D eigenvalue weighted by Crippen LogP contribution is 2.22. The average molecular weight is 297 g/mol. The van der Waals surface area contributed by atoms with Crippen molar-refractivity contribution in [1.82, 2.24) is 14.9 Å². The molecule has 0 aliphatic heterocycles. The van der Waals surface area contributed by atoms with Gasteiger partial charge in [0.25, 0.3) is 0 Å². The zero-order valence-corrected chi connectivity index (χ0v) is 11.4. The largest absolute Gasteiger partial charge is 0.338 e. The van der Waals surface area contributed by atoms with E-state index in [0.717, 1.165) is 19.0 Å². The second-order valence-electron chi connectivity index (χ2n) is 4.16. The van der Waals surface area contributed by atoms with E-state index in [2.05, 4.69) is 15.6 Å². The summed E-state index contributed by atoms with van der Waals surface area (Å²) in [6.45, 7) is 1.29. The van der Waals surface area contributed by atoms with E-state index in [1.54, 1.807) is 12.5 Å². The summed E-state index contributed by atoms with van der Waals surface area (Å²) in [6, 6.07) is 3.43. The van der Waals surface area contributed by atoms with Crippen molar-refractivity contribution in [3.05, 3.63) is 47.8 Å². The molecule has 0 atom stereocenters. The Morgan fingerprint density at radius 3 is 3.00 bits per heavy atom. The minimum Gasteiger partial charge on any atom is -0.338 e. The van der Waals surface area contributed by atoms with Crippen molar-refractivity contribution in [2.75, 3.05) is 11.9 Å². The summed E-state index contributed by atoms with van der Waals surface area (Å²) < 4.78 is 14.8. The molecule has 0 fully saturated rings. The first-order chi connectivity index (χ1) is 9.65. The summed E-state index contributed by atoms with van der Waals surface area (Å²) in [6.07, 6.45) is 6.06. The number of nitrogens with one attached hydrogen (secondary N) is 2. The minimum atomic E-state index is -0.443. The van der Waals surface area contributed by atoms with Gasteiger partial charge in [-0.2, -0.15) is 0 Å². The van der Waals surface area contributed by atoms with Gasteiger partial charge in [0.15, 0.2) is 0 Å². The van der Waals surface area contributed by atoms with Crippen LogP contribution in [-0.4, -0.2) is 22.1 Å². The van der Waals surface area contributed by atoms with Crippen LogP contribution in [0.1, 0.15) is 6.42 Å². The van der Waals surface area contributed by atoms with Gasteiger partial charge >= 0.3 is 6.03 Å². The lowest BCUT2D eigenvalue weighted by molar-refractivity contribution is 0.252. The van der Waals surface area contributed by atoms with E-state index in [-0.39, 0.29) is 11.1 Å². The molecule has 0 aliphatic carbocycles. The van der Waals surface area contributed by atoms with Crippen molar-refractivity contribution < 1.29 is 9.18 Å². The number of carbonyl (C=O) groups is 1. The van der Waals surface area contributed by atoms with E-state index < -0.39 is 5.82 Å². The number of halogens is 2. The first-order valence-electron chi connectivity index (χ1n) is 6.11. The zero-order valence-electron chi connectivity index (χ0n) is 10.6. The van der Waals surface area contributed by atoms with Crippen molar-refractivity contribution in [2.24, 2.45) is 0 Å². The summed E-state index contributed by atoms with van der Waals surface area (Å²) in [4.78, 5) is 15.5. The second kappa shape index (κ2) is 6.91. The van der Waals surface area contributed by atoms with Gasteiger partial charge in [0.2, 0.25) is 0 Å². The van der Waals surface area contributed by atoms with Crippen LogP contribution in [-0.2, 0) is 6.54 Å². The molecule has 1 aromatic carbocycles. The van der Waals surface area contributed by atoms with Gasteiger partial charge in [-0.3, -0.25) is 0 Å². The Bertz CT molecular complexity index is 574. The van der Waals surface area contributed by atoms with Crippen LogP contribution in [0.4, 0.5) is 14.9 Å². The standard InChI is InChI=1S/C13H14ClFN4O/c14-11-8-10(15)2-3-12(11)18-13(20)17-4-1-6-19-7-5-16-9-19/h2-3,5,7-9H,1,4,6H2,(H2,17,18,20).